The molecule has 0 atom stereocenters. The zero-order chi connectivity index (χ0) is 23.4. The predicted molar refractivity (Wildman–Crippen MR) is 128 cm³/mol. The molecule has 2 N–H and O–H groups in total. The summed E-state index contributed by atoms with van der Waals surface area (Å²) in [6.45, 7) is 0.112. The molecule has 0 aliphatic rings. The van der Waals surface area contributed by atoms with Gasteiger partial charge in [0.2, 0.25) is 0 Å². The minimum absolute atomic E-state index is 0.0358. The quantitative estimate of drug-likeness (QED) is 0.168. The highest BCUT2D eigenvalue weighted by atomic mass is 127. The summed E-state index contributed by atoms with van der Waals surface area (Å²) >= 11 is 1.58. The molecule has 0 saturated heterocycles. The van der Waals surface area contributed by atoms with Gasteiger partial charge >= 0.3 is 5.97 Å². The maximum atomic E-state index is 15.3. The van der Waals surface area contributed by atoms with E-state index in [1.54, 1.807) is 65.1 Å². The average Bonchev–Trinajstić information content (AvgIpc) is 3.26. The van der Waals surface area contributed by atoms with Gasteiger partial charge in [-0.15, -0.1) is 0 Å². The van der Waals surface area contributed by atoms with E-state index in [9.17, 15) is 9.59 Å². The van der Waals surface area contributed by atoms with Crippen molar-refractivity contribution in [1.29, 1.82) is 0 Å². The van der Waals surface area contributed by atoms with E-state index < -0.39 is 11.8 Å². The standard InChI is InChI=1S/C24H18FIN2O5/c25-22-17(5-7-27-19(22)12-28-24(26)31)18-10-14(9-16-6-8-32-23(16)18)13-33-20-4-2-1-3-15(20)11-21(29)30/h1-10H,11-13H2,(H,28,31)(H,29,30). The number of rotatable bonds is 8. The monoisotopic (exact) mass is 560 g/mol. The van der Waals surface area contributed by atoms with Gasteiger partial charge < -0.3 is 19.6 Å². The Morgan fingerprint density at radius 1 is 1.15 bits per heavy atom. The van der Waals surface area contributed by atoms with Crippen LogP contribution in [0.2, 0.25) is 0 Å². The zero-order valence-electron chi connectivity index (χ0n) is 17.2. The summed E-state index contributed by atoms with van der Waals surface area (Å²) in [7, 11) is 0. The Labute approximate surface area is 201 Å². The second-order valence-corrected chi connectivity index (χ2v) is 8.18. The number of pyridine rings is 1. The largest absolute Gasteiger partial charge is 0.489 e. The minimum Gasteiger partial charge on any atom is -0.489 e. The lowest BCUT2D eigenvalue weighted by molar-refractivity contribution is -0.136. The van der Waals surface area contributed by atoms with E-state index in [1.807, 2.05) is 6.07 Å². The van der Waals surface area contributed by atoms with Gasteiger partial charge in [-0.05, 0) is 35.9 Å². The smallest absolute Gasteiger partial charge is 0.307 e. The molecule has 9 heteroatoms. The summed E-state index contributed by atoms with van der Waals surface area (Å²) in [5, 5.41) is 12.4. The van der Waals surface area contributed by atoms with Crippen molar-refractivity contribution in [3.63, 3.8) is 0 Å². The molecular weight excluding hydrogens is 542 g/mol. The number of hydrogen-bond acceptors (Lipinski definition) is 5. The van der Waals surface area contributed by atoms with Gasteiger partial charge in [-0.2, -0.15) is 0 Å². The Balaban J connectivity index is 1.67. The number of carbonyl (C=O) groups is 2. The molecule has 0 aliphatic carbocycles. The Morgan fingerprint density at radius 2 is 1.97 bits per heavy atom. The molecule has 7 nitrogen and oxygen atoms in total. The first-order chi connectivity index (χ1) is 15.9. The molecule has 2 aromatic carbocycles. The number of carboxylic acids is 1. The number of furan rings is 1. The number of aliphatic carboxylic acids is 1. The molecule has 0 radical (unpaired) electrons. The van der Waals surface area contributed by atoms with Crippen molar-refractivity contribution in [2.75, 3.05) is 0 Å². The van der Waals surface area contributed by atoms with Crippen molar-refractivity contribution in [1.82, 2.24) is 10.3 Å². The van der Waals surface area contributed by atoms with E-state index in [0.717, 1.165) is 10.9 Å². The first-order valence-electron chi connectivity index (χ1n) is 9.92. The fourth-order valence-electron chi connectivity index (χ4n) is 3.51. The van der Waals surface area contributed by atoms with Crippen LogP contribution >= 0.6 is 22.6 Å². The topological polar surface area (TPSA) is 102 Å². The van der Waals surface area contributed by atoms with E-state index in [1.165, 1.54) is 12.5 Å². The van der Waals surface area contributed by atoms with Crippen LogP contribution in [-0.4, -0.2) is 20.0 Å². The molecule has 4 rings (SSSR count). The first kappa shape index (κ1) is 22.7. The summed E-state index contributed by atoms with van der Waals surface area (Å²) in [6, 6.07) is 13.9. The molecule has 4 aromatic rings. The van der Waals surface area contributed by atoms with Crippen molar-refractivity contribution >= 4 is 43.4 Å². The summed E-state index contributed by atoms with van der Waals surface area (Å²) in [5.41, 5.74) is 2.76. The summed E-state index contributed by atoms with van der Waals surface area (Å²) in [6.07, 6.45) is 2.85. The van der Waals surface area contributed by atoms with Crippen molar-refractivity contribution < 1.29 is 28.2 Å². The molecule has 168 valence electrons. The van der Waals surface area contributed by atoms with Gasteiger partial charge in [-0.3, -0.25) is 14.6 Å². The van der Waals surface area contributed by atoms with Gasteiger partial charge in [-0.25, -0.2) is 4.39 Å². The van der Waals surface area contributed by atoms with Crippen LogP contribution in [0.5, 0.6) is 5.75 Å². The third-order valence-electron chi connectivity index (χ3n) is 4.97. The maximum absolute atomic E-state index is 15.3. The SMILES string of the molecule is O=C(O)Cc1ccccc1OCc1cc(-c2ccnc(CNC(=O)I)c2F)c2occc2c1. The number of para-hydroxylation sites is 1. The molecule has 2 heterocycles. The summed E-state index contributed by atoms with van der Waals surface area (Å²) in [4.78, 5) is 26.4. The molecule has 0 saturated carbocycles. The number of benzene rings is 2. The molecule has 0 fully saturated rings. The molecule has 0 bridgehead atoms. The number of carboxylic acid groups (broad SMARTS) is 1. The number of halogens is 2. The first-order valence-corrected chi connectivity index (χ1v) is 11.0. The number of nitrogens with zero attached hydrogens (tertiary/aromatic N) is 1. The van der Waals surface area contributed by atoms with Crippen molar-refractivity contribution in [3.8, 4) is 16.9 Å². The number of aromatic nitrogens is 1. The average molecular weight is 560 g/mol. The Bertz CT molecular complexity index is 1340. The van der Waals surface area contributed by atoms with Crippen LogP contribution in [0.1, 0.15) is 16.8 Å². The van der Waals surface area contributed by atoms with Crippen LogP contribution in [-0.2, 0) is 24.4 Å². The van der Waals surface area contributed by atoms with E-state index in [4.69, 9.17) is 14.3 Å². The van der Waals surface area contributed by atoms with Crippen molar-refractivity contribution in [2.24, 2.45) is 0 Å². The number of hydrogen-bond donors (Lipinski definition) is 2. The molecule has 33 heavy (non-hydrogen) atoms. The maximum Gasteiger partial charge on any atom is 0.307 e. The van der Waals surface area contributed by atoms with Crippen LogP contribution in [0, 0.1) is 5.82 Å². The Hall–Kier alpha value is -3.47. The van der Waals surface area contributed by atoms with E-state index in [2.05, 4.69) is 10.3 Å². The second kappa shape index (κ2) is 9.99. The highest BCUT2D eigenvalue weighted by Crippen LogP contribution is 2.34. The molecular formula is C24H18FIN2O5. The minimum atomic E-state index is -0.948. The summed E-state index contributed by atoms with van der Waals surface area (Å²) < 4.78 is 26.5. The lowest BCUT2D eigenvalue weighted by Crippen LogP contribution is -2.17. The fraction of sp³-hybridized carbons (Fsp3) is 0.125. The molecule has 0 unspecified atom stereocenters. The van der Waals surface area contributed by atoms with Gasteiger partial charge in [0.25, 0.3) is 3.91 Å². The van der Waals surface area contributed by atoms with Gasteiger partial charge in [0.15, 0.2) is 5.82 Å². The van der Waals surface area contributed by atoms with Crippen LogP contribution in [0.15, 0.2) is 65.4 Å². The highest BCUT2D eigenvalue weighted by molar-refractivity contribution is 14.1. The lowest BCUT2D eigenvalue weighted by Gasteiger charge is -2.13. The van der Waals surface area contributed by atoms with Crippen LogP contribution in [0.25, 0.3) is 22.1 Å². The number of ether oxygens (including phenoxy) is 1. The highest BCUT2D eigenvalue weighted by Gasteiger charge is 2.17. The van der Waals surface area contributed by atoms with Crippen LogP contribution in [0.4, 0.5) is 9.18 Å². The molecule has 0 aliphatic heterocycles. The van der Waals surface area contributed by atoms with Crippen molar-refractivity contribution in [3.05, 3.63) is 83.6 Å². The molecule has 2 aromatic heterocycles. The Morgan fingerprint density at radius 3 is 2.76 bits per heavy atom. The van der Waals surface area contributed by atoms with E-state index >= 15 is 4.39 Å². The second-order valence-electron chi connectivity index (χ2n) is 7.20. The predicted octanol–water partition coefficient (Wildman–Crippen LogP) is 5.48. The number of fused-ring (bicyclic) bond motifs is 1. The van der Waals surface area contributed by atoms with Crippen molar-refractivity contribution in [2.45, 2.75) is 19.6 Å². The zero-order valence-corrected chi connectivity index (χ0v) is 19.3. The van der Waals surface area contributed by atoms with Gasteiger partial charge in [-0.1, -0.05) is 18.2 Å². The molecule has 1 amide bonds. The van der Waals surface area contributed by atoms with Crippen LogP contribution in [0.3, 0.4) is 0 Å². The van der Waals surface area contributed by atoms with E-state index in [-0.39, 0.29) is 34.7 Å². The fourth-order valence-corrected chi connectivity index (χ4v) is 3.70. The third kappa shape index (κ3) is 5.30. The van der Waals surface area contributed by atoms with Gasteiger partial charge in [0, 0.05) is 50.9 Å². The van der Waals surface area contributed by atoms with Gasteiger partial charge in [0.05, 0.1) is 24.9 Å². The number of amides is 1. The third-order valence-corrected chi connectivity index (χ3v) is 5.35. The summed E-state index contributed by atoms with van der Waals surface area (Å²) in [5.74, 6) is -1.03. The Kier molecular flexibility index (Phi) is 6.87. The van der Waals surface area contributed by atoms with Crippen LogP contribution < -0.4 is 10.1 Å². The molecule has 0 spiro atoms. The normalized spacial score (nSPS) is 10.8. The lowest BCUT2D eigenvalue weighted by atomic mass is 10.00. The van der Waals surface area contributed by atoms with Gasteiger partial charge in [0.1, 0.15) is 17.9 Å². The number of carbonyl (C=O) groups excluding carboxylic acids is 1. The number of nitrogens with one attached hydrogen (secondary N) is 1. The van der Waals surface area contributed by atoms with E-state index in [0.29, 0.717) is 22.5 Å².